The van der Waals surface area contributed by atoms with Gasteiger partial charge in [0.2, 0.25) is 5.95 Å². The van der Waals surface area contributed by atoms with Crippen LogP contribution in [0.1, 0.15) is 49.7 Å². The van der Waals surface area contributed by atoms with Crippen molar-refractivity contribution in [3.05, 3.63) is 71.9 Å². The van der Waals surface area contributed by atoms with Gasteiger partial charge in [0.1, 0.15) is 11.4 Å². The van der Waals surface area contributed by atoms with Crippen LogP contribution in [0.2, 0.25) is 0 Å². The van der Waals surface area contributed by atoms with Gasteiger partial charge in [-0.15, -0.1) is 0 Å². The molecule has 1 aliphatic rings. The van der Waals surface area contributed by atoms with Crippen LogP contribution in [0.25, 0.3) is 16.9 Å². The first-order chi connectivity index (χ1) is 18.2. The fraction of sp³-hybridized carbons (Fsp3) is 0.357. The Bertz CT molecular complexity index is 1440. The summed E-state index contributed by atoms with van der Waals surface area (Å²) >= 11 is 0. The molecule has 1 fully saturated rings. The molecule has 0 unspecified atom stereocenters. The molecule has 1 amide bonds. The number of rotatable bonds is 7. The number of piperidine rings is 1. The zero-order valence-corrected chi connectivity index (χ0v) is 21.8. The molecule has 0 saturated carbocycles. The van der Waals surface area contributed by atoms with Gasteiger partial charge in [-0.25, -0.2) is 14.4 Å². The van der Waals surface area contributed by atoms with Crippen molar-refractivity contribution in [2.24, 2.45) is 0 Å². The fourth-order valence-corrected chi connectivity index (χ4v) is 4.60. The summed E-state index contributed by atoms with van der Waals surface area (Å²) in [5.41, 5.74) is 0.928. The molecule has 0 atom stereocenters. The average Bonchev–Trinajstić information content (AvgIpc) is 3.24. The van der Waals surface area contributed by atoms with Crippen LogP contribution in [0.3, 0.4) is 0 Å². The van der Waals surface area contributed by atoms with Crippen LogP contribution in [-0.2, 0) is 5.60 Å². The third-order valence-corrected chi connectivity index (χ3v) is 6.88. The van der Waals surface area contributed by atoms with Gasteiger partial charge in [-0.3, -0.25) is 9.36 Å². The van der Waals surface area contributed by atoms with E-state index in [1.807, 2.05) is 0 Å². The molecule has 5 rings (SSSR count). The number of likely N-dealkylation sites (tertiary alicyclic amines) is 1. The zero-order valence-electron chi connectivity index (χ0n) is 21.8. The Labute approximate surface area is 220 Å². The number of hydrogen-bond acceptors (Lipinski definition) is 7. The predicted octanol–water partition coefficient (Wildman–Crippen LogP) is 4.14. The molecule has 0 radical (unpaired) electrons. The Morgan fingerprint density at radius 1 is 1.13 bits per heavy atom. The summed E-state index contributed by atoms with van der Waals surface area (Å²) in [6.45, 7) is 8.48. The highest BCUT2D eigenvalue weighted by Gasteiger charge is 2.21. The van der Waals surface area contributed by atoms with Crippen molar-refractivity contribution in [3.63, 3.8) is 0 Å². The lowest BCUT2D eigenvalue weighted by molar-refractivity contribution is 0.0738. The SMILES string of the molecule is CCN1CCC(NC(=O)c2ccc(Nc3ncc4c(F)cn(-c5cccc(C(C)(C)O)n5)c4n3)cc2)CC1. The summed E-state index contributed by atoms with van der Waals surface area (Å²) in [5, 5.41) is 16.8. The van der Waals surface area contributed by atoms with E-state index in [9.17, 15) is 14.3 Å². The maximum Gasteiger partial charge on any atom is 0.251 e. The van der Waals surface area contributed by atoms with Crippen LogP contribution < -0.4 is 10.6 Å². The standard InChI is InChI=1S/C28H32FN7O2/c1-4-35-14-12-20(13-15-35)31-26(37)18-8-10-19(11-9-18)32-27-30-16-21-22(29)17-36(25(21)34-27)24-7-5-6-23(33-24)28(2,3)38/h5-11,16-17,20,38H,4,12-15H2,1-3H3,(H,31,37)(H,30,32,34). The van der Waals surface area contributed by atoms with Gasteiger partial charge in [0, 0.05) is 42.8 Å². The van der Waals surface area contributed by atoms with Crippen molar-refractivity contribution >= 4 is 28.6 Å². The first-order valence-corrected chi connectivity index (χ1v) is 12.9. The number of aromatic nitrogens is 4. The van der Waals surface area contributed by atoms with E-state index in [4.69, 9.17) is 0 Å². The molecule has 9 nitrogen and oxygen atoms in total. The zero-order chi connectivity index (χ0) is 26.9. The van der Waals surface area contributed by atoms with Crippen molar-refractivity contribution in [1.29, 1.82) is 0 Å². The predicted molar refractivity (Wildman–Crippen MR) is 144 cm³/mol. The normalized spacial score (nSPS) is 15.1. The molecular formula is C28H32FN7O2. The van der Waals surface area contributed by atoms with E-state index >= 15 is 0 Å². The number of nitrogens with one attached hydrogen (secondary N) is 2. The molecule has 10 heteroatoms. The number of fused-ring (bicyclic) bond motifs is 1. The molecular weight excluding hydrogens is 485 g/mol. The van der Waals surface area contributed by atoms with Gasteiger partial charge in [-0.05, 0) is 69.6 Å². The van der Waals surface area contributed by atoms with Gasteiger partial charge < -0.3 is 20.6 Å². The largest absolute Gasteiger partial charge is 0.384 e. The van der Waals surface area contributed by atoms with E-state index in [0.29, 0.717) is 28.4 Å². The average molecular weight is 518 g/mol. The van der Waals surface area contributed by atoms with E-state index in [1.54, 1.807) is 56.3 Å². The van der Waals surface area contributed by atoms with Crippen molar-refractivity contribution in [2.45, 2.75) is 45.3 Å². The van der Waals surface area contributed by atoms with Crippen LogP contribution in [0, 0.1) is 5.82 Å². The second-order valence-corrected chi connectivity index (χ2v) is 10.1. The summed E-state index contributed by atoms with van der Waals surface area (Å²) in [4.78, 5) is 28.4. The Morgan fingerprint density at radius 3 is 2.55 bits per heavy atom. The van der Waals surface area contributed by atoms with Crippen LogP contribution in [0.5, 0.6) is 0 Å². The molecule has 38 heavy (non-hydrogen) atoms. The monoisotopic (exact) mass is 517 g/mol. The lowest BCUT2D eigenvalue weighted by Gasteiger charge is -2.31. The van der Waals surface area contributed by atoms with Crippen molar-refractivity contribution < 1.29 is 14.3 Å². The van der Waals surface area contributed by atoms with E-state index in [-0.39, 0.29) is 23.3 Å². The smallest absolute Gasteiger partial charge is 0.251 e. The van der Waals surface area contributed by atoms with Crippen LogP contribution >= 0.6 is 0 Å². The molecule has 1 aliphatic heterocycles. The Hall–Kier alpha value is -3.89. The minimum absolute atomic E-state index is 0.0849. The molecule has 3 N–H and O–H groups in total. The number of nitrogens with zero attached hydrogens (tertiary/aromatic N) is 5. The first kappa shape index (κ1) is 25.7. The van der Waals surface area contributed by atoms with E-state index < -0.39 is 11.4 Å². The van der Waals surface area contributed by atoms with Gasteiger partial charge in [0.15, 0.2) is 11.5 Å². The maximum atomic E-state index is 14.7. The Morgan fingerprint density at radius 2 is 1.87 bits per heavy atom. The summed E-state index contributed by atoms with van der Waals surface area (Å²) in [7, 11) is 0. The second-order valence-electron chi connectivity index (χ2n) is 10.1. The van der Waals surface area contributed by atoms with Crippen LogP contribution in [0.4, 0.5) is 16.0 Å². The molecule has 198 valence electrons. The molecule has 4 heterocycles. The summed E-state index contributed by atoms with van der Waals surface area (Å²) < 4.78 is 16.2. The highest BCUT2D eigenvalue weighted by molar-refractivity contribution is 5.94. The van der Waals surface area contributed by atoms with Gasteiger partial charge in [0.25, 0.3) is 5.91 Å². The topological polar surface area (TPSA) is 108 Å². The minimum Gasteiger partial charge on any atom is -0.384 e. The van der Waals surface area contributed by atoms with Crippen molar-refractivity contribution in [2.75, 3.05) is 25.0 Å². The number of aliphatic hydroxyl groups is 1. The number of pyridine rings is 1. The molecule has 4 aromatic rings. The van der Waals surface area contributed by atoms with E-state index in [2.05, 4.69) is 37.4 Å². The summed E-state index contributed by atoms with van der Waals surface area (Å²) in [6.07, 6.45) is 4.64. The number of hydrogen-bond donors (Lipinski definition) is 3. The third-order valence-electron chi connectivity index (χ3n) is 6.88. The van der Waals surface area contributed by atoms with Crippen LogP contribution in [0.15, 0.2) is 54.9 Å². The molecule has 0 aliphatic carbocycles. The number of amides is 1. The number of halogens is 1. The van der Waals surface area contributed by atoms with E-state index in [1.165, 1.54) is 17.0 Å². The van der Waals surface area contributed by atoms with Crippen molar-refractivity contribution in [1.82, 2.24) is 29.7 Å². The molecule has 1 saturated heterocycles. The van der Waals surface area contributed by atoms with Crippen LogP contribution in [-0.4, -0.2) is 61.1 Å². The van der Waals surface area contributed by atoms with Gasteiger partial charge >= 0.3 is 0 Å². The highest BCUT2D eigenvalue weighted by atomic mass is 19.1. The maximum absolute atomic E-state index is 14.7. The summed E-state index contributed by atoms with van der Waals surface area (Å²) in [5.74, 6) is 0.144. The van der Waals surface area contributed by atoms with Gasteiger partial charge in [-0.1, -0.05) is 13.0 Å². The molecule has 3 aromatic heterocycles. The second kappa shape index (κ2) is 10.5. The molecule has 0 spiro atoms. The Balaban J connectivity index is 1.32. The summed E-state index contributed by atoms with van der Waals surface area (Å²) in [6, 6.07) is 12.5. The Kier molecular flexibility index (Phi) is 7.09. The number of carbonyl (C=O) groups is 1. The molecule has 0 bridgehead atoms. The number of carbonyl (C=O) groups excluding carboxylic acids is 1. The number of benzene rings is 1. The van der Waals surface area contributed by atoms with Gasteiger partial charge in [-0.2, -0.15) is 4.98 Å². The lowest BCUT2D eigenvalue weighted by atomic mass is 10.0. The van der Waals surface area contributed by atoms with Crippen molar-refractivity contribution in [3.8, 4) is 5.82 Å². The molecule has 1 aromatic carbocycles. The lowest BCUT2D eigenvalue weighted by Crippen LogP contribution is -2.44. The minimum atomic E-state index is -1.14. The first-order valence-electron chi connectivity index (χ1n) is 12.9. The highest BCUT2D eigenvalue weighted by Crippen LogP contribution is 2.25. The fourth-order valence-electron chi connectivity index (χ4n) is 4.60. The third kappa shape index (κ3) is 5.51. The number of anilines is 2. The van der Waals surface area contributed by atoms with E-state index in [0.717, 1.165) is 32.5 Å². The quantitative estimate of drug-likeness (QED) is 0.338. The van der Waals surface area contributed by atoms with Gasteiger partial charge in [0.05, 0.1) is 11.1 Å².